The van der Waals surface area contributed by atoms with E-state index in [4.69, 9.17) is 11.7 Å². The van der Waals surface area contributed by atoms with Gasteiger partial charge in [-0.05, 0) is 36.1 Å². The zero-order valence-corrected chi connectivity index (χ0v) is 13.4. The number of rotatable bonds is 1. The summed E-state index contributed by atoms with van der Waals surface area (Å²) in [5.74, 6) is -0.615. The number of carboxylic acid groups (broad SMARTS) is 1. The van der Waals surface area contributed by atoms with Crippen molar-refractivity contribution in [3.8, 4) is 0 Å². The minimum Gasteiger partial charge on any atom is -0.478 e. The lowest BCUT2D eigenvalue weighted by molar-refractivity contribution is 0.0696. The summed E-state index contributed by atoms with van der Waals surface area (Å²) < 4.78 is 0. The topological polar surface area (TPSA) is 75.8 Å². The molecule has 2 aromatic carbocycles. The minimum atomic E-state index is -0.942. The first-order valence-corrected chi connectivity index (χ1v) is 7.92. The highest BCUT2D eigenvalue weighted by Crippen LogP contribution is 2.26. The molecule has 0 saturated carbocycles. The summed E-state index contributed by atoms with van der Waals surface area (Å²) in [5.41, 5.74) is 4.28. The molecule has 0 amide bonds. The Morgan fingerprint density at radius 3 is 2.00 bits per heavy atom. The zero-order valence-electron chi connectivity index (χ0n) is 13.4. The highest BCUT2D eigenvalue weighted by molar-refractivity contribution is 6.02. The molecule has 4 rings (SSSR count). The van der Waals surface area contributed by atoms with Gasteiger partial charge in [-0.2, -0.15) is 0 Å². The number of carbonyl (C=O) groups excluding carboxylic acids is 2. The van der Waals surface area contributed by atoms with Crippen molar-refractivity contribution in [2.45, 2.75) is 25.7 Å². The lowest BCUT2D eigenvalue weighted by atomic mass is 10.1. The van der Waals surface area contributed by atoms with Crippen LogP contribution in [0.25, 0.3) is 4.85 Å². The van der Waals surface area contributed by atoms with E-state index in [1.807, 2.05) is 6.07 Å². The summed E-state index contributed by atoms with van der Waals surface area (Å²) in [6.07, 6.45) is 2.60. The van der Waals surface area contributed by atoms with Gasteiger partial charge in [0, 0.05) is 24.0 Å². The van der Waals surface area contributed by atoms with Crippen molar-refractivity contribution in [1.82, 2.24) is 0 Å². The monoisotopic (exact) mass is 333 g/mol. The molecule has 5 heteroatoms. The van der Waals surface area contributed by atoms with Crippen LogP contribution < -0.4 is 0 Å². The first-order chi connectivity index (χ1) is 12.0. The number of nitrogens with zero attached hydrogens (tertiary/aromatic N) is 1. The molecule has 0 atom stereocenters. The molecule has 5 nitrogen and oxygen atoms in total. The number of carbonyl (C=O) groups is 3. The lowest BCUT2D eigenvalue weighted by Crippen LogP contribution is -1.98. The van der Waals surface area contributed by atoms with Crippen molar-refractivity contribution in [2.75, 3.05) is 0 Å². The van der Waals surface area contributed by atoms with E-state index in [9.17, 15) is 14.4 Å². The van der Waals surface area contributed by atoms with Crippen molar-refractivity contribution < 1.29 is 19.5 Å². The first-order valence-electron chi connectivity index (χ1n) is 7.92. The van der Waals surface area contributed by atoms with E-state index in [1.165, 1.54) is 6.07 Å². The number of fused-ring (bicyclic) bond motifs is 2. The van der Waals surface area contributed by atoms with Gasteiger partial charge in [0.15, 0.2) is 17.3 Å². The Labute approximate surface area is 144 Å². The molecular weight excluding hydrogens is 318 g/mol. The highest BCUT2D eigenvalue weighted by Gasteiger charge is 2.20. The maximum atomic E-state index is 11.2. The van der Waals surface area contributed by atoms with E-state index in [2.05, 4.69) is 4.85 Å². The SMILES string of the molecule is O=C(O)c1ccc2c(c1)CCC2=O.[C-]#[N+]c1ccc2c(c1)CCC2=O. The zero-order chi connectivity index (χ0) is 18.0. The second kappa shape index (κ2) is 6.70. The molecular formula is C20H15NO4. The number of carboxylic acids is 1. The predicted octanol–water partition coefficient (Wildman–Crippen LogP) is 3.88. The van der Waals surface area contributed by atoms with E-state index >= 15 is 0 Å². The van der Waals surface area contributed by atoms with Gasteiger partial charge in [0.1, 0.15) is 0 Å². The number of aryl methyl sites for hydroxylation is 2. The van der Waals surface area contributed by atoms with Crippen molar-refractivity contribution >= 4 is 23.2 Å². The van der Waals surface area contributed by atoms with Gasteiger partial charge in [-0.25, -0.2) is 9.64 Å². The number of hydrogen-bond donors (Lipinski definition) is 1. The molecule has 0 heterocycles. The standard InChI is InChI=1S/C10H7NO.C10H8O3/c1-11-8-3-4-9-7(6-8)2-5-10(9)12;11-9-4-2-6-5-7(10(12)13)1-3-8(6)9/h3-4,6H,2,5H2;1,3,5H,2,4H2,(H,12,13). The number of hydrogen-bond acceptors (Lipinski definition) is 3. The van der Waals surface area contributed by atoms with Crippen LogP contribution in [0.3, 0.4) is 0 Å². The number of ketones is 2. The smallest absolute Gasteiger partial charge is 0.335 e. The Morgan fingerprint density at radius 1 is 0.880 bits per heavy atom. The third-order valence-corrected chi connectivity index (χ3v) is 4.41. The van der Waals surface area contributed by atoms with Gasteiger partial charge in [-0.3, -0.25) is 9.59 Å². The quantitative estimate of drug-likeness (QED) is 0.804. The Hall–Kier alpha value is -3.26. The van der Waals surface area contributed by atoms with E-state index in [0.29, 0.717) is 30.5 Å². The van der Waals surface area contributed by atoms with Crippen LogP contribution >= 0.6 is 0 Å². The van der Waals surface area contributed by atoms with E-state index in [-0.39, 0.29) is 17.1 Å². The molecule has 0 saturated heterocycles. The lowest BCUT2D eigenvalue weighted by Gasteiger charge is -1.98. The van der Waals surface area contributed by atoms with Gasteiger partial charge in [-0.1, -0.05) is 24.3 Å². The normalized spacial score (nSPS) is 14.2. The first kappa shape index (κ1) is 16.6. The molecule has 2 aliphatic rings. The van der Waals surface area contributed by atoms with Crippen LogP contribution in [0.5, 0.6) is 0 Å². The number of aromatic carboxylic acids is 1. The summed E-state index contributed by atoms with van der Waals surface area (Å²) in [6, 6.07) is 9.95. The highest BCUT2D eigenvalue weighted by atomic mass is 16.4. The molecule has 2 aromatic rings. The van der Waals surface area contributed by atoms with Crippen LogP contribution in [0.15, 0.2) is 36.4 Å². The van der Waals surface area contributed by atoms with E-state index in [1.54, 1.807) is 24.3 Å². The number of benzene rings is 2. The fraction of sp³-hybridized carbons (Fsp3) is 0.200. The molecule has 0 fully saturated rings. The summed E-state index contributed by atoms with van der Waals surface area (Å²) in [6.45, 7) is 6.80. The van der Waals surface area contributed by atoms with Crippen LogP contribution in [0, 0.1) is 6.57 Å². The molecule has 1 N–H and O–H groups in total. The summed E-state index contributed by atoms with van der Waals surface area (Å²) in [4.78, 5) is 36.3. The largest absolute Gasteiger partial charge is 0.478 e. The maximum Gasteiger partial charge on any atom is 0.335 e. The fourth-order valence-electron chi connectivity index (χ4n) is 3.10. The predicted molar refractivity (Wildman–Crippen MR) is 91.4 cm³/mol. The molecule has 0 unspecified atom stereocenters. The van der Waals surface area contributed by atoms with Crippen molar-refractivity contribution in [3.05, 3.63) is 75.6 Å². The molecule has 2 aliphatic carbocycles. The van der Waals surface area contributed by atoms with Crippen molar-refractivity contribution in [3.63, 3.8) is 0 Å². The summed E-state index contributed by atoms with van der Waals surface area (Å²) >= 11 is 0. The third-order valence-electron chi connectivity index (χ3n) is 4.41. The average molecular weight is 333 g/mol. The van der Waals surface area contributed by atoms with Crippen LogP contribution in [0.4, 0.5) is 5.69 Å². The van der Waals surface area contributed by atoms with Crippen LogP contribution in [0.1, 0.15) is 55.0 Å². The van der Waals surface area contributed by atoms with Gasteiger partial charge >= 0.3 is 5.97 Å². The van der Waals surface area contributed by atoms with Crippen molar-refractivity contribution in [1.29, 1.82) is 0 Å². The minimum absolute atomic E-state index is 0.118. The van der Waals surface area contributed by atoms with Crippen LogP contribution in [-0.4, -0.2) is 22.6 Å². The van der Waals surface area contributed by atoms with Crippen molar-refractivity contribution in [2.24, 2.45) is 0 Å². The van der Waals surface area contributed by atoms with E-state index < -0.39 is 5.97 Å². The van der Waals surface area contributed by atoms with E-state index in [0.717, 1.165) is 23.1 Å². The van der Waals surface area contributed by atoms with Gasteiger partial charge in [-0.15, -0.1) is 0 Å². The van der Waals surface area contributed by atoms with Gasteiger partial charge in [0.25, 0.3) is 0 Å². The summed E-state index contributed by atoms with van der Waals surface area (Å²) in [7, 11) is 0. The molecule has 25 heavy (non-hydrogen) atoms. The molecule has 0 aliphatic heterocycles. The molecule has 0 aromatic heterocycles. The Balaban J connectivity index is 0.000000146. The Bertz CT molecular complexity index is 937. The maximum absolute atomic E-state index is 11.2. The Kier molecular flexibility index (Phi) is 4.44. The molecule has 124 valence electrons. The Morgan fingerprint density at radius 2 is 1.44 bits per heavy atom. The molecule has 0 radical (unpaired) electrons. The molecule has 0 bridgehead atoms. The van der Waals surface area contributed by atoms with Crippen LogP contribution in [-0.2, 0) is 12.8 Å². The second-order valence-corrected chi connectivity index (χ2v) is 5.98. The summed E-state index contributed by atoms with van der Waals surface area (Å²) in [5, 5.41) is 8.70. The fourth-order valence-corrected chi connectivity index (χ4v) is 3.10. The number of Topliss-reactive ketones (excluding diaryl/α,β-unsaturated/α-hetero) is 2. The van der Waals surface area contributed by atoms with Gasteiger partial charge in [0.05, 0.1) is 12.1 Å². The second-order valence-electron chi connectivity index (χ2n) is 5.98. The molecule has 0 spiro atoms. The van der Waals surface area contributed by atoms with Gasteiger partial charge < -0.3 is 5.11 Å². The average Bonchev–Trinajstić information content (AvgIpc) is 3.18. The third kappa shape index (κ3) is 3.33. The van der Waals surface area contributed by atoms with Gasteiger partial charge in [0.2, 0.25) is 0 Å². The van der Waals surface area contributed by atoms with Crippen LogP contribution in [0.2, 0.25) is 0 Å².